The lowest BCUT2D eigenvalue weighted by Crippen LogP contribution is -2.43. The maximum atomic E-state index is 13.5. The number of hydrogen-bond acceptors (Lipinski definition) is 2. The van der Waals surface area contributed by atoms with Crippen LogP contribution in [-0.2, 0) is 4.79 Å². The van der Waals surface area contributed by atoms with Gasteiger partial charge in [-0.05, 0) is 43.4 Å². The van der Waals surface area contributed by atoms with Gasteiger partial charge in [-0.15, -0.1) is 0 Å². The minimum Gasteiger partial charge on any atom is -0.357 e. The Kier molecular flexibility index (Phi) is 7.78. The Balaban J connectivity index is 2.05. The number of nitrogens with one attached hydrogen (secondary N) is 2. The first-order valence-corrected chi connectivity index (χ1v) is 9.98. The summed E-state index contributed by atoms with van der Waals surface area (Å²) in [5.41, 5.74) is 0.301. The maximum Gasteiger partial charge on any atom is 0.230 e. The molecule has 1 aromatic rings. The van der Waals surface area contributed by atoms with Crippen LogP contribution in [0.5, 0.6) is 0 Å². The van der Waals surface area contributed by atoms with Gasteiger partial charge in [-0.2, -0.15) is 0 Å². The number of halogens is 2. The molecule has 0 spiro atoms. The first kappa shape index (κ1) is 22.1. The highest BCUT2D eigenvalue weighted by Gasteiger charge is 2.42. The van der Waals surface area contributed by atoms with E-state index < -0.39 is 17.0 Å². The van der Waals surface area contributed by atoms with Gasteiger partial charge in [0.25, 0.3) is 0 Å². The highest BCUT2D eigenvalue weighted by molar-refractivity contribution is 5.84. The Morgan fingerprint density at radius 3 is 2.46 bits per heavy atom. The lowest BCUT2D eigenvalue weighted by atomic mass is 9.85. The lowest BCUT2D eigenvalue weighted by Gasteiger charge is -2.29. The molecule has 0 heterocycles. The van der Waals surface area contributed by atoms with Crippen molar-refractivity contribution in [2.24, 2.45) is 10.4 Å². The molecule has 0 bridgehead atoms. The van der Waals surface area contributed by atoms with E-state index in [0.717, 1.165) is 37.3 Å². The van der Waals surface area contributed by atoms with Gasteiger partial charge in [-0.1, -0.05) is 25.8 Å². The number of rotatable bonds is 7. The number of carbonyl (C=O) groups excluding carboxylic acids is 1. The van der Waals surface area contributed by atoms with Crippen LogP contribution in [0.25, 0.3) is 0 Å². The number of nitrogens with zero attached hydrogens (tertiary/aromatic N) is 2. The van der Waals surface area contributed by atoms with E-state index in [1.54, 1.807) is 25.1 Å². The van der Waals surface area contributed by atoms with Gasteiger partial charge < -0.3 is 15.5 Å². The largest absolute Gasteiger partial charge is 0.357 e. The first-order valence-electron chi connectivity index (χ1n) is 9.98. The fourth-order valence-corrected chi connectivity index (χ4v) is 3.72. The maximum absolute atomic E-state index is 13.5. The Morgan fingerprint density at radius 2 is 1.89 bits per heavy atom. The third-order valence-electron chi connectivity index (χ3n) is 5.39. The summed E-state index contributed by atoms with van der Waals surface area (Å²) in [4.78, 5) is 19.0. The van der Waals surface area contributed by atoms with E-state index in [-0.39, 0.29) is 11.8 Å². The number of benzene rings is 1. The van der Waals surface area contributed by atoms with Crippen molar-refractivity contribution in [1.82, 2.24) is 15.5 Å². The molecule has 1 aliphatic carbocycles. The van der Waals surface area contributed by atoms with Crippen LogP contribution in [0.2, 0.25) is 0 Å². The average molecular weight is 395 g/mol. The zero-order valence-corrected chi connectivity index (χ0v) is 17.3. The van der Waals surface area contributed by atoms with Crippen molar-refractivity contribution in [3.63, 3.8) is 0 Å². The molecule has 1 unspecified atom stereocenters. The Bertz CT molecular complexity index is 700. The van der Waals surface area contributed by atoms with Gasteiger partial charge in [-0.25, -0.2) is 8.78 Å². The van der Waals surface area contributed by atoms with Crippen LogP contribution in [0.3, 0.4) is 0 Å². The second-order valence-corrected chi connectivity index (χ2v) is 7.84. The van der Waals surface area contributed by atoms with Crippen LogP contribution in [0, 0.1) is 17.0 Å². The molecular formula is C21H32F2N4O. The predicted molar refractivity (Wildman–Crippen MR) is 108 cm³/mol. The Labute approximate surface area is 166 Å². The molecule has 0 saturated heterocycles. The highest BCUT2D eigenvalue weighted by Crippen LogP contribution is 2.39. The fourth-order valence-electron chi connectivity index (χ4n) is 3.72. The highest BCUT2D eigenvalue weighted by atomic mass is 19.2. The van der Waals surface area contributed by atoms with Gasteiger partial charge >= 0.3 is 0 Å². The van der Waals surface area contributed by atoms with Gasteiger partial charge in [-0.3, -0.25) is 9.79 Å². The van der Waals surface area contributed by atoms with Crippen LogP contribution >= 0.6 is 0 Å². The molecule has 0 radical (unpaired) electrons. The summed E-state index contributed by atoms with van der Waals surface area (Å²) >= 11 is 0. The van der Waals surface area contributed by atoms with Crippen LogP contribution in [-0.4, -0.2) is 50.5 Å². The quantitative estimate of drug-likeness (QED) is 0.551. The van der Waals surface area contributed by atoms with Crippen molar-refractivity contribution in [3.05, 3.63) is 35.4 Å². The molecule has 2 N–H and O–H groups in total. The molecule has 28 heavy (non-hydrogen) atoms. The van der Waals surface area contributed by atoms with E-state index >= 15 is 0 Å². The third kappa shape index (κ3) is 5.42. The summed E-state index contributed by atoms with van der Waals surface area (Å²) in [5, 5.41) is 6.46. The summed E-state index contributed by atoms with van der Waals surface area (Å²) in [6.45, 7) is 5.58. The molecule has 5 nitrogen and oxygen atoms in total. The molecule has 1 atom stereocenters. The van der Waals surface area contributed by atoms with Crippen LogP contribution in [0.1, 0.15) is 51.0 Å². The molecular weight excluding hydrogens is 362 g/mol. The number of guanidine groups is 1. The molecule has 1 aliphatic rings. The van der Waals surface area contributed by atoms with Gasteiger partial charge in [0, 0.05) is 27.2 Å². The number of amides is 1. The molecule has 0 aliphatic heterocycles. The number of carbonyl (C=O) groups is 1. The minimum absolute atomic E-state index is 0.0252. The topological polar surface area (TPSA) is 56.7 Å². The summed E-state index contributed by atoms with van der Waals surface area (Å²) in [6, 6.07) is 3.98. The van der Waals surface area contributed by atoms with Crippen LogP contribution in [0.15, 0.2) is 23.2 Å². The van der Waals surface area contributed by atoms with E-state index in [1.165, 1.54) is 6.07 Å². The zero-order chi connectivity index (χ0) is 20.7. The number of aliphatic imine (C=N–C) groups is 1. The zero-order valence-electron chi connectivity index (χ0n) is 17.3. The predicted octanol–water partition coefficient (Wildman–Crippen LogP) is 3.27. The van der Waals surface area contributed by atoms with Crippen molar-refractivity contribution in [1.29, 1.82) is 0 Å². The summed E-state index contributed by atoms with van der Waals surface area (Å²) in [6.07, 6.45) is 3.81. The van der Waals surface area contributed by atoms with E-state index in [2.05, 4.69) is 15.6 Å². The monoisotopic (exact) mass is 394 g/mol. The Hall–Kier alpha value is -2.18. The average Bonchev–Trinajstić information content (AvgIpc) is 3.15. The van der Waals surface area contributed by atoms with Crippen molar-refractivity contribution in [3.8, 4) is 0 Å². The normalized spacial score (nSPS) is 17.3. The lowest BCUT2D eigenvalue weighted by molar-refractivity contribution is -0.138. The molecule has 0 aromatic heterocycles. The molecule has 1 fully saturated rings. The van der Waals surface area contributed by atoms with Crippen molar-refractivity contribution < 1.29 is 13.6 Å². The van der Waals surface area contributed by atoms with Crippen molar-refractivity contribution >= 4 is 11.9 Å². The molecule has 1 aromatic carbocycles. The second kappa shape index (κ2) is 9.85. The van der Waals surface area contributed by atoms with E-state index in [4.69, 9.17) is 0 Å². The summed E-state index contributed by atoms with van der Waals surface area (Å²) in [5.74, 6) is -0.932. The van der Waals surface area contributed by atoms with Crippen LogP contribution < -0.4 is 10.6 Å². The van der Waals surface area contributed by atoms with E-state index in [1.807, 2.05) is 13.8 Å². The summed E-state index contributed by atoms with van der Waals surface area (Å²) in [7, 11) is 3.58. The SMILES string of the molecule is CCNC(=NCC1(C(=O)N(C)C)CCCC1)NCC(C)c1ccc(F)c(F)c1. The molecule has 1 amide bonds. The minimum atomic E-state index is -0.841. The molecule has 156 valence electrons. The molecule has 2 rings (SSSR count). The fraction of sp³-hybridized carbons (Fsp3) is 0.619. The first-order chi connectivity index (χ1) is 13.3. The second-order valence-electron chi connectivity index (χ2n) is 7.84. The third-order valence-corrected chi connectivity index (χ3v) is 5.39. The molecule has 1 saturated carbocycles. The van der Waals surface area contributed by atoms with Gasteiger partial charge in [0.15, 0.2) is 17.6 Å². The van der Waals surface area contributed by atoms with Crippen LogP contribution in [0.4, 0.5) is 8.78 Å². The van der Waals surface area contributed by atoms with Crippen molar-refractivity contribution in [2.75, 3.05) is 33.7 Å². The van der Waals surface area contributed by atoms with Gasteiger partial charge in [0.05, 0.1) is 12.0 Å². The van der Waals surface area contributed by atoms with Gasteiger partial charge in [0.1, 0.15) is 0 Å². The van der Waals surface area contributed by atoms with Gasteiger partial charge in [0.2, 0.25) is 5.91 Å². The Morgan fingerprint density at radius 1 is 1.21 bits per heavy atom. The summed E-state index contributed by atoms with van der Waals surface area (Å²) < 4.78 is 26.6. The van der Waals surface area contributed by atoms with E-state index in [9.17, 15) is 13.6 Å². The van der Waals surface area contributed by atoms with Crippen molar-refractivity contribution in [2.45, 2.75) is 45.4 Å². The van der Waals surface area contributed by atoms with E-state index in [0.29, 0.717) is 25.6 Å². The molecule has 7 heteroatoms. The number of hydrogen-bond donors (Lipinski definition) is 2. The smallest absolute Gasteiger partial charge is 0.230 e. The standard InChI is InChI=1S/C21H32F2N4O/c1-5-24-20(25-13-15(2)16-8-9-17(22)18(23)12-16)26-14-21(10-6-7-11-21)19(28)27(3)4/h8-9,12,15H,5-7,10-11,13-14H2,1-4H3,(H2,24,25,26).